The molecule has 2 atom stereocenters. The van der Waals surface area contributed by atoms with E-state index in [2.05, 4.69) is 4.99 Å². The fourth-order valence-electron chi connectivity index (χ4n) is 3.36. The van der Waals surface area contributed by atoms with Crippen LogP contribution in [0, 0.1) is 0 Å². The van der Waals surface area contributed by atoms with Crippen LogP contribution in [0.15, 0.2) is 28.4 Å². The first kappa shape index (κ1) is 17.1. The van der Waals surface area contributed by atoms with E-state index in [1.807, 2.05) is 4.58 Å². The van der Waals surface area contributed by atoms with Gasteiger partial charge in [0, 0.05) is 12.6 Å². The molecule has 9 heteroatoms. The summed E-state index contributed by atoms with van der Waals surface area (Å²) in [6, 6.07) is -0.242. The minimum absolute atomic E-state index is 0. The molecule has 0 radical (unpaired) electrons. The minimum atomic E-state index is -1.33. The molecule has 4 heterocycles. The summed E-state index contributed by atoms with van der Waals surface area (Å²) in [5, 5.41) is 11.0. The number of rotatable bonds is 2. The van der Waals surface area contributed by atoms with Crippen LogP contribution in [0.4, 0.5) is 0 Å². The van der Waals surface area contributed by atoms with E-state index in [0.717, 1.165) is 0 Å². The third kappa shape index (κ3) is 2.45. The Morgan fingerprint density at radius 2 is 2.21 bits per heavy atom. The van der Waals surface area contributed by atoms with Crippen molar-refractivity contribution in [2.75, 3.05) is 20.1 Å². The van der Waals surface area contributed by atoms with E-state index in [1.54, 1.807) is 24.2 Å². The maximum absolute atomic E-state index is 12.1. The third-order valence-electron chi connectivity index (χ3n) is 4.60. The second kappa shape index (κ2) is 5.94. The predicted molar refractivity (Wildman–Crippen MR) is 76.5 cm³/mol. The first-order chi connectivity index (χ1) is 11.0. The van der Waals surface area contributed by atoms with Gasteiger partial charge in [0.1, 0.15) is 12.3 Å². The van der Waals surface area contributed by atoms with Gasteiger partial charge in [0.2, 0.25) is 6.54 Å². The minimum Gasteiger partial charge on any atom is -0.543 e. The van der Waals surface area contributed by atoms with E-state index in [0.29, 0.717) is 24.3 Å². The molecule has 0 bridgehead atoms. The van der Waals surface area contributed by atoms with Crippen molar-refractivity contribution in [3.63, 3.8) is 0 Å². The summed E-state index contributed by atoms with van der Waals surface area (Å²) < 4.78 is 1.86. The summed E-state index contributed by atoms with van der Waals surface area (Å²) in [4.78, 5) is 42.2. The molecule has 0 aromatic heterocycles. The Bertz CT molecular complexity index is 782. The van der Waals surface area contributed by atoms with Crippen molar-refractivity contribution in [3.05, 3.63) is 23.4 Å². The van der Waals surface area contributed by atoms with Gasteiger partial charge in [-0.05, 0) is 12.5 Å². The molecule has 24 heavy (non-hydrogen) atoms. The number of hydrogen-bond acceptors (Lipinski definition) is 5. The molecule has 2 saturated heterocycles. The van der Waals surface area contributed by atoms with Crippen molar-refractivity contribution in [2.24, 2.45) is 4.99 Å². The smallest absolute Gasteiger partial charge is 0.543 e. The number of hydrogen-bond donors (Lipinski definition) is 0. The number of aliphatic imine (C=N–C) groups is 1. The molecule has 118 valence electrons. The van der Waals surface area contributed by atoms with Crippen LogP contribution >= 0.6 is 0 Å². The fourth-order valence-corrected chi connectivity index (χ4v) is 3.36. The van der Waals surface area contributed by atoms with Gasteiger partial charge in [0.15, 0.2) is 6.21 Å². The zero-order chi connectivity index (χ0) is 16.3. The van der Waals surface area contributed by atoms with Gasteiger partial charge in [0.05, 0.1) is 17.7 Å². The Morgan fingerprint density at radius 3 is 2.92 bits per heavy atom. The summed E-state index contributed by atoms with van der Waals surface area (Å²) in [6.07, 6.45) is 5.34. The molecule has 2 unspecified atom stereocenters. The number of carbonyl (C=O) groups is 3. The largest absolute Gasteiger partial charge is 1.00 e. The SMILES string of the molecule is CN1CC2N=C(/C=C3/C(=O)N4C(C(=O)[O-])=CCC34)C=[N+]2CC1=O.[Na+]. The molecule has 4 aliphatic heterocycles. The molecule has 2 amide bonds. The maximum atomic E-state index is 12.1. The van der Waals surface area contributed by atoms with E-state index in [9.17, 15) is 19.5 Å². The average molecular weight is 337 g/mol. The molecule has 0 N–H and O–H groups in total. The Morgan fingerprint density at radius 1 is 1.46 bits per heavy atom. The van der Waals surface area contributed by atoms with E-state index >= 15 is 0 Å². The van der Waals surface area contributed by atoms with Gasteiger partial charge in [-0.3, -0.25) is 14.5 Å². The molecule has 0 aromatic carbocycles. The molecule has 0 aromatic rings. The molecular weight excluding hydrogens is 323 g/mol. The van der Waals surface area contributed by atoms with Crippen molar-refractivity contribution in [2.45, 2.75) is 18.6 Å². The molecule has 2 fully saturated rings. The van der Waals surface area contributed by atoms with E-state index < -0.39 is 5.97 Å². The van der Waals surface area contributed by atoms with Crippen LogP contribution in [0.5, 0.6) is 0 Å². The monoisotopic (exact) mass is 337 g/mol. The average Bonchev–Trinajstić information content (AvgIpc) is 3.06. The van der Waals surface area contributed by atoms with Crippen LogP contribution in [-0.4, -0.2) is 76.4 Å². The van der Waals surface area contributed by atoms with Gasteiger partial charge in [-0.25, -0.2) is 4.99 Å². The number of likely N-dealkylation sites (N-methyl/N-ethyl adjacent to an activating group) is 1. The number of carboxylic acids is 1. The van der Waals surface area contributed by atoms with Crippen molar-refractivity contribution in [1.29, 1.82) is 0 Å². The number of carbonyl (C=O) groups excluding carboxylic acids is 3. The van der Waals surface area contributed by atoms with Crippen LogP contribution < -0.4 is 34.7 Å². The van der Waals surface area contributed by atoms with Gasteiger partial charge >= 0.3 is 29.6 Å². The van der Waals surface area contributed by atoms with Gasteiger partial charge in [-0.15, -0.1) is 0 Å². The van der Waals surface area contributed by atoms with Gasteiger partial charge in [-0.2, -0.15) is 4.58 Å². The number of β-lactam (4-membered cyclic amide) rings is 1. The standard InChI is InChI=1S/C15H14N4O4.Na/c1-17-6-12-16-8(5-18(12)7-13(17)20)4-9-10-2-3-11(15(22)23)19(10)14(9)21;/h3-5,10,12H,2,6-7H2,1H3;/q;+1/b9-4+;. The normalized spacial score (nSPS) is 29.4. The number of fused-ring (bicyclic) bond motifs is 2. The topological polar surface area (TPSA) is 96.1 Å². The Kier molecular flexibility index (Phi) is 4.23. The molecular formula is C15H14N4NaO4+. The first-order valence-electron chi connectivity index (χ1n) is 7.35. The Hall–Kier alpha value is -1.77. The molecule has 0 spiro atoms. The second-order valence-corrected chi connectivity index (χ2v) is 6.01. The summed E-state index contributed by atoms with van der Waals surface area (Å²) in [5.74, 6) is -1.62. The number of nitrogens with zero attached hydrogens (tertiary/aromatic N) is 4. The predicted octanol–water partition coefficient (Wildman–Crippen LogP) is -5.50. The summed E-state index contributed by atoms with van der Waals surface area (Å²) in [6.45, 7) is 0.791. The van der Waals surface area contributed by atoms with Gasteiger partial charge in [0.25, 0.3) is 18.0 Å². The number of amides is 2. The molecule has 8 nitrogen and oxygen atoms in total. The quantitative estimate of drug-likeness (QED) is 0.217. The van der Waals surface area contributed by atoms with Gasteiger partial charge < -0.3 is 14.8 Å². The summed E-state index contributed by atoms with van der Waals surface area (Å²) in [5.41, 5.74) is 1.13. The number of carboxylic acid groups (broad SMARTS) is 1. The first-order valence-corrected chi connectivity index (χ1v) is 7.35. The zero-order valence-corrected chi connectivity index (χ0v) is 15.4. The fraction of sp³-hybridized carbons (Fsp3) is 0.400. The molecule has 0 saturated carbocycles. The number of piperazine rings is 1. The maximum Gasteiger partial charge on any atom is 1.00 e. The summed E-state index contributed by atoms with van der Waals surface area (Å²) >= 11 is 0. The Labute approximate surface area is 160 Å². The van der Waals surface area contributed by atoms with E-state index in [1.165, 1.54) is 11.0 Å². The molecule has 0 aliphatic carbocycles. The zero-order valence-electron chi connectivity index (χ0n) is 13.4. The van der Waals surface area contributed by atoms with Crippen molar-refractivity contribution < 1.29 is 53.6 Å². The molecule has 4 aliphatic rings. The van der Waals surface area contributed by atoms with Crippen molar-refractivity contribution in [1.82, 2.24) is 9.80 Å². The van der Waals surface area contributed by atoms with E-state index in [-0.39, 0.29) is 65.8 Å². The van der Waals surface area contributed by atoms with Crippen LogP contribution in [0.3, 0.4) is 0 Å². The number of aliphatic carboxylic acids is 1. The second-order valence-electron chi connectivity index (χ2n) is 6.01. The third-order valence-corrected chi connectivity index (χ3v) is 4.60. The number of allylic oxidation sites excluding steroid dienone is 1. The summed E-state index contributed by atoms with van der Waals surface area (Å²) in [7, 11) is 1.74. The molecule has 4 rings (SSSR count). The van der Waals surface area contributed by atoms with Gasteiger partial charge in [-0.1, -0.05) is 6.08 Å². The van der Waals surface area contributed by atoms with Crippen LogP contribution in [-0.2, 0) is 14.4 Å². The van der Waals surface area contributed by atoms with Crippen molar-refractivity contribution >= 4 is 29.7 Å². The van der Waals surface area contributed by atoms with E-state index in [4.69, 9.17) is 0 Å². The Balaban J connectivity index is 0.00000169. The van der Waals surface area contributed by atoms with Crippen LogP contribution in [0.25, 0.3) is 0 Å². The van der Waals surface area contributed by atoms with Crippen LogP contribution in [0.2, 0.25) is 0 Å². The van der Waals surface area contributed by atoms with Crippen LogP contribution in [0.1, 0.15) is 6.42 Å². The van der Waals surface area contributed by atoms with Crippen molar-refractivity contribution in [3.8, 4) is 0 Å².